The lowest BCUT2D eigenvalue weighted by Gasteiger charge is -2.17. The van der Waals surface area contributed by atoms with Crippen LogP contribution in [0.3, 0.4) is 0 Å². The van der Waals surface area contributed by atoms with Crippen molar-refractivity contribution >= 4 is 29.1 Å². The first kappa shape index (κ1) is 23.3. The van der Waals surface area contributed by atoms with E-state index in [4.69, 9.17) is 4.74 Å². The molecule has 0 bridgehead atoms. The van der Waals surface area contributed by atoms with Gasteiger partial charge < -0.3 is 25.4 Å². The molecule has 1 fully saturated rings. The van der Waals surface area contributed by atoms with Crippen molar-refractivity contribution in [2.45, 2.75) is 33.3 Å². The summed E-state index contributed by atoms with van der Waals surface area (Å²) in [5.41, 5.74) is 3.52. The monoisotopic (exact) mass is 439 g/mol. The molecule has 32 heavy (non-hydrogen) atoms. The molecule has 8 nitrogen and oxygen atoms in total. The Morgan fingerprint density at radius 3 is 2.44 bits per heavy atom. The van der Waals surface area contributed by atoms with Gasteiger partial charge in [0.1, 0.15) is 5.75 Å². The lowest BCUT2D eigenvalue weighted by atomic mass is 10.1. The average Bonchev–Trinajstić information content (AvgIpc) is 3.12. The number of carbonyl (C=O) groups excluding carboxylic acids is 3. The summed E-state index contributed by atoms with van der Waals surface area (Å²) in [5, 5.41) is 14.8. The van der Waals surface area contributed by atoms with E-state index >= 15 is 0 Å². The molecule has 2 aromatic carbocycles. The molecule has 2 aromatic rings. The molecular weight excluding hydrogens is 410 g/mol. The summed E-state index contributed by atoms with van der Waals surface area (Å²) in [6, 6.07) is 12.6. The van der Waals surface area contributed by atoms with Gasteiger partial charge in [-0.05, 0) is 68.3 Å². The van der Waals surface area contributed by atoms with Crippen molar-refractivity contribution in [3.8, 4) is 5.75 Å². The van der Waals surface area contributed by atoms with E-state index in [2.05, 4.69) is 10.6 Å². The second-order valence-electron chi connectivity index (χ2n) is 8.21. The van der Waals surface area contributed by atoms with Crippen LogP contribution in [0.15, 0.2) is 42.5 Å². The van der Waals surface area contributed by atoms with Crippen molar-refractivity contribution in [1.29, 1.82) is 0 Å². The highest BCUT2D eigenvalue weighted by atomic mass is 16.5. The second kappa shape index (κ2) is 10.3. The van der Waals surface area contributed by atoms with E-state index in [1.165, 1.54) is 0 Å². The number of aliphatic hydroxyl groups excluding tert-OH is 1. The Balaban J connectivity index is 1.52. The fraction of sp³-hybridized carbons (Fsp3) is 0.375. The first-order valence-corrected chi connectivity index (χ1v) is 10.6. The van der Waals surface area contributed by atoms with Gasteiger partial charge in [0.05, 0.1) is 12.0 Å². The van der Waals surface area contributed by atoms with Crippen molar-refractivity contribution in [3.05, 3.63) is 53.6 Å². The van der Waals surface area contributed by atoms with E-state index in [0.29, 0.717) is 11.4 Å². The third-order valence-electron chi connectivity index (χ3n) is 5.09. The molecule has 0 unspecified atom stereocenters. The number of ether oxygens (including phenoxy) is 1. The zero-order valence-electron chi connectivity index (χ0n) is 18.6. The zero-order valence-corrected chi connectivity index (χ0v) is 18.6. The summed E-state index contributed by atoms with van der Waals surface area (Å²) in [5.74, 6) is -0.589. The minimum Gasteiger partial charge on any atom is -0.484 e. The van der Waals surface area contributed by atoms with Gasteiger partial charge in [-0.15, -0.1) is 0 Å². The molecular formula is C24H29N3O5. The Bertz CT molecular complexity index is 967. The van der Waals surface area contributed by atoms with Crippen LogP contribution < -0.4 is 20.3 Å². The Hall–Kier alpha value is -3.39. The predicted molar refractivity (Wildman–Crippen MR) is 122 cm³/mol. The molecule has 8 heteroatoms. The van der Waals surface area contributed by atoms with E-state index in [1.54, 1.807) is 36.1 Å². The number of carbonyl (C=O) groups is 3. The highest BCUT2D eigenvalue weighted by Crippen LogP contribution is 2.27. The van der Waals surface area contributed by atoms with Crippen molar-refractivity contribution < 1.29 is 24.2 Å². The number of nitrogens with zero attached hydrogens (tertiary/aromatic N) is 1. The highest BCUT2D eigenvalue weighted by Gasteiger charge is 2.35. The highest BCUT2D eigenvalue weighted by molar-refractivity contribution is 6.00. The lowest BCUT2D eigenvalue weighted by Crippen LogP contribution is -2.36. The summed E-state index contributed by atoms with van der Waals surface area (Å²) < 4.78 is 5.56. The number of amides is 3. The molecule has 3 N–H and O–H groups in total. The van der Waals surface area contributed by atoms with Gasteiger partial charge in [0.15, 0.2) is 6.61 Å². The Labute approximate surface area is 187 Å². The number of aliphatic hydroxyl groups is 1. The van der Waals surface area contributed by atoms with Gasteiger partial charge in [0, 0.05) is 30.9 Å². The maximum absolute atomic E-state index is 12.4. The fourth-order valence-electron chi connectivity index (χ4n) is 3.64. The van der Waals surface area contributed by atoms with E-state index in [1.807, 2.05) is 32.0 Å². The van der Waals surface area contributed by atoms with Crippen molar-refractivity contribution in [3.63, 3.8) is 0 Å². The Morgan fingerprint density at radius 1 is 1.16 bits per heavy atom. The molecule has 3 rings (SSSR count). The number of nitrogens with one attached hydrogen (secondary N) is 2. The third-order valence-corrected chi connectivity index (χ3v) is 5.09. The minimum absolute atomic E-state index is 0.127. The van der Waals surface area contributed by atoms with Crippen LogP contribution in [-0.4, -0.2) is 48.6 Å². The van der Waals surface area contributed by atoms with Crippen LogP contribution in [0.4, 0.5) is 11.4 Å². The molecule has 1 aliphatic heterocycles. The molecule has 170 valence electrons. The molecule has 0 aliphatic carbocycles. The second-order valence-corrected chi connectivity index (χ2v) is 8.21. The van der Waals surface area contributed by atoms with Crippen LogP contribution >= 0.6 is 0 Å². The van der Waals surface area contributed by atoms with Gasteiger partial charge in [-0.25, -0.2) is 0 Å². The van der Waals surface area contributed by atoms with Crippen LogP contribution in [0, 0.1) is 19.8 Å². The molecule has 2 atom stereocenters. The molecule has 1 saturated heterocycles. The maximum atomic E-state index is 12.4. The van der Waals surface area contributed by atoms with Gasteiger partial charge in [-0.3, -0.25) is 14.4 Å². The third kappa shape index (κ3) is 6.31. The molecule has 1 heterocycles. The summed E-state index contributed by atoms with van der Waals surface area (Å²) in [4.78, 5) is 38.3. The molecule has 0 saturated carbocycles. The molecule has 1 aliphatic rings. The zero-order chi connectivity index (χ0) is 23.3. The normalized spacial score (nSPS) is 16.6. The van der Waals surface area contributed by atoms with Crippen molar-refractivity contribution in [1.82, 2.24) is 5.32 Å². The van der Waals surface area contributed by atoms with Crippen LogP contribution in [0.5, 0.6) is 5.75 Å². The number of hydrogen-bond acceptors (Lipinski definition) is 5. The van der Waals surface area contributed by atoms with Gasteiger partial charge >= 0.3 is 0 Å². The number of benzene rings is 2. The van der Waals surface area contributed by atoms with Crippen LogP contribution in [0.2, 0.25) is 0 Å². The van der Waals surface area contributed by atoms with Gasteiger partial charge in [-0.1, -0.05) is 6.07 Å². The SMILES string of the molecule is Cc1cc(C)cc(NC(=O)COc2ccc(N3C[C@@H](C(=O)NC[C@H](C)O)CC3=O)cc2)c1. The summed E-state index contributed by atoms with van der Waals surface area (Å²) in [6.07, 6.45) is -0.509. The first-order valence-electron chi connectivity index (χ1n) is 10.6. The molecule has 0 radical (unpaired) electrons. The molecule has 0 spiro atoms. The Morgan fingerprint density at radius 2 is 1.81 bits per heavy atom. The number of anilines is 2. The largest absolute Gasteiger partial charge is 0.484 e. The summed E-state index contributed by atoms with van der Waals surface area (Å²) >= 11 is 0. The minimum atomic E-state index is -0.636. The maximum Gasteiger partial charge on any atom is 0.262 e. The average molecular weight is 440 g/mol. The van der Waals surface area contributed by atoms with Crippen LogP contribution in [0.1, 0.15) is 24.5 Å². The number of aryl methyl sites for hydroxylation is 2. The van der Waals surface area contributed by atoms with E-state index < -0.39 is 12.0 Å². The van der Waals surface area contributed by atoms with Gasteiger partial charge in [0.25, 0.3) is 5.91 Å². The number of hydrogen-bond donors (Lipinski definition) is 3. The van der Waals surface area contributed by atoms with Crippen molar-refractivity contribution in [2.75, 3.05) is 29.9 Å². The quantitative estimate of drug-likeness (QED) is 0.584. The summed E-state index contributed by atoms with van der Waals surface area (Å²) in [7, 11) is 0. The van der Waals surface area contributed by atoms with Crippen LogP contribution in [-0.2, 0) is 14.4 Å². The molecule has 3 amide bonds. The smallest absolute Gasteiger partial charge is 0.262 e. The van der Waals surface area contributed by atoms with Crippen LogP contribution in [0.25, 0.3) is 0 Å². The van der Waals surface area contributed by atoms with Crippen molar-refractivity contribution in [2.24, 2.45) is 5.92 Å². The van der Waals surface area contributed by atoms with Gasteiger partial charge in [0.2, 0.25) is 11.8 Å². The van der Waals surface area contributed by atoms with E-state index in [0.717, 1.165) is 16.8 Å². The fourth-order valence-corrected chi connectivity index (χ4v) is 3.64. The predicted octanol–water partition coefficient (Wildman–Crippen LogP) is 2.17. The van der Waals surface area contributed by atoms with Gasteiger partial charge in [-0.2, -0.15) is 0 Å². The lowest BCUT2D eigenvalue weighted by molar-refractivity contribution is -0.126. The molecule has 0 aromatic heterocycles. The number of rotatable bonds is 8. The van der Waals surface area contributed by atoms with E-state index in [9.17, 15) is 19.5 Å². The van der Waals surface area contributed by atoms with E-state index in [-0.39, 0.29) is 43.8 Å². The standard InChI is InChI=1S/C24H29N3O5/c1-15-8-16(2)10-19(9-15)26-22(29)14-32-21-6-4-20(5-7-21)27-13-18(11-23(27)30)24(31)25-12-17(3)28/h4-10,17-18,28H,11-14H2,1-3H3,(H,25,31)(H,26,29)/t17-,18-/m0/s1. The topological polar surface area (TPSA) is 108 Å². The first-order chi connectivity index (χ1) is 15.2. The summed E-state index contributed by atoms with van der Waals surface area (Å²) in [6.45, 7) is 5.82. The Kier molecular flexibility index (Phi) is 7.48.